The van der Waals surface area contributed by atoms with Crippen LogP contribution < -0.4 is 0 Å². The van der Waals surface area contributed by atoms with Crippen LogP contribution in [0.3, 0.4) is 0 Å². The molecule has 5 nitrogen and oxygen atoms in total. The van der Waals surface area contributed by atoms with Gasteiger partial charge in [0.2, 0.25) is 0 Å². The number of fused-ring (bicyclic) bond motifs is 10. The minimum Gasteiger partial charge on any atom is -0.309 e. The van der Waals surface area contributed by atoms with Crippen LogP contribution in [0.1, 0.15) is 30.5 Å². The molecule has 0 amide bonds. The van der Waals surface area contributed by atoms with Gasteiger partial charge in [-0.05, 0) is 100 Å². The topological polar surface area (TPSA) is 48.5 Å². The maximum absolute atomic E-state index is 5.18. The van der Waals surface area contributed by atoms with E-state index >= 15 is 0 Å². The third-order valence-electron chi connectivity index (χ3n) is 13.9. The van der Waals surface area contributed by atoms with E-state index < -0.39 is 0 Å². The van der Waals surface area contributed by atoms with Crippen molar-refractivity contribution in [3.63, 3.8) is 0 Å². The highest BCUT2D eigenvalue weighted by Gasteiger charge is 2.35. The summed E-state index contributed by atoms with van der Waals surface area (Å²) in [5.74, 6) is 1.91. The molecule has 0 fully saturated rings. The van der Waals surface area contributed by atoms with E-state index in [1.807, 2.05) is 24.3 Å². The Hall–Kier alpha value is -8.41. The van der Waals surface area contributed by atoms with Gasteiger partial charge in [0.05, 0.1) is 22.1 Å². The monoisotopic (exact) mass is 845 g/mol. The first-order valence-corrected chi connectivity index (χ1v) is 22.7. The molecule has 0 radical (unpaired) electrons. The van der Waals surface area contributed by atoms with Crippen LogP contribution in [0.2, 0.25) is 0 Å². The van der Waals surface area contributed by atoms with Gasteiger partial charge in [-0.25, -0.2) is 15.0 Å². The Morgan fingerprint density at radius 2 is 0.970 bits per heavy atom. The molecule has 9 aromatic carbocycles. The zero-order valence-corrected chi connectivity index (χ0v) is 36.9. The molecule has 0 atom stereocenters. The maximum Gasteiger partial charge on any atom is 0.164 e. The Bertz CT molecular complexity index is 3910. The van der Waals surface area contributed by atoms with E-state index in [1.165, 1.54) is 66.0 Å². The SMILES string of the molecule is Cc1cc(-c2nc(-c3ccccc3)nc(-c3cccc(-c4ccccc4)c3)n2)ccc1-n1c2ccccc2c2ccc3c(c4ccccc4n3-c3ccc4c(c3)C(C)(C)c3ccccc3-4)c21. The van der Waals surface area contributed by atoms with Crippen LogP contribution in [0.4, 0.5) is 0 Å². The summed E-state index contributed by atoms with van der Waals surface area (Å²) < 4.78 is 4.95. The van der Waals surface area contributed by atoms with Crippen molar-refractivity contribution in [3.05, 3.63) is 223 Å². The third kappa shape index (κ3) is 5.76. The minimum atomic E-state index is -0.108. The molecule has 66 heavy (non-hydrogen) atoms. The molecule has 13 rings (SSSR count). The molecule has 5 heteroatoms. The average molecular weight is 846 g/mol. The van der Waals surface area contributed by atoms with Gasteiger partial charge in [0, 0.05) is 55.0 Å². The van der Waals surface area contributed by atoms with Gasteiger partial charge < -0.3 is 9.13 Å². The van der Waals surface area contributed by atoms with E-state index in [1.54, 1.807) is 0 Å². The van der Waals surface area contributed by atoms with E-state index in [0.717, 1.165) is 44.6 Å². The average Bonchev–Trinajstić information content (AvgIpc) is 3.97. The van der Waals surface area contributed by atoms with Crippen LogP contribution in [-0.4, -0.2) is 24.1 Å². The van der Waals surface area contributed by atoms with E-state index in [0.29, 0.717) is 17.5 Å². The van der Waals surface area contributed by atoms with Crippen LogP contribution in [0, 0.1) is 6.92 Å². The van der Waals surface area contributed by atoms with Crippen molar-refractivity contribution in [2.75, 3.05) is 0 Å². The summed E-state index contributed by atoms with van der Waals surface area (Å²) in [6.45, 7) is 6.92. The summed E-state index contributed by atoms with van der Waals surface area (Å²) in [4.78, 5) is 15.4. The highest BCUT2D eigenvalue weighted by molar-refractivity contribution is 6.26. The second-order valence-electron chi connectivity index (χ2n) is 18.1. The molecule has 0 aliphatic heterocycles. The summed E-state index contributed by atoms with van der Waals surface area (Å²) in [5.41, 5.74) is 18.5. The van der Waals surface area contributed by atoms with Gasteiger partial charge in [0.1, 0.15) is 0 Å². The first-order valence-electron chi connectivity index (χ1n) is 22.7. The van der Waals surface area contributed by atoms with Crippen molar-refractivity contribution in [3.8, 4) is 67.8 Å². The summed E-state index contributed by atoms with van der Waals surface area (Å²) in [6.07, 6.45) is 0. The standard InChI is InChI=1S/C61H43N5/c1-38-35-43(60-63-58(40-19-8-5-9-20-40)62-59(64-60)42-22-16-21-41(36-42)39-17-6-4-7-18-39)29-33-52(38)66-53-27-14-11-24-47(53)48-32-34-55-56(57(48)66)49-25-12-15-28-54(49)65(55)44-30-31-46-45-23-10-13-26-50(45)61(2,3)51(46)37-44/h4-37H,1-3H3. The summed E-state index contributed by atoms with van der Waals surface area (Å²) >= 11 is 0. The molecule has 0 bridgehead atoms. The van der Waals surface area contributed by atoms with Gasteiger partial charge in [-0.2, -0.15) is 0 Å². The summed E-state index contributed by atoms with van der Waals surface area (Å²) in [7, 11) is 0. The number of hydrogen-bond donors (Lipinski definition) is 0. The molecule has 0 N–H and O–H groups in total. The number of nitrogens with zero attached hydrogens (tertiary/aromatic N) is 5. The Morgan fingerprint density at radius 1 is 0.379 bits per heavy atom. The predicted molar refractivity (Wildman–Crippen MR) is 273 cm³/mol. The lowest BCUT2D eigenvalue weighted by atomic mass is 9.82. The van der Waals surface area contributed by atoms with Gasteiger partial charge in [0.15, 0.2) is 17.5 Å². The van der Waals surface area contributed by atoms with Gasteiger partial charge in [-0.3, -0.25) is 0 Å². The van der Waals surface area contributed by atoms with E-state index in [4.69, 9.17) is 15.0 Å². The zero-order valence-electron chi connectivity index (χ0n) is 36.9. The summed E-state index contributed by atoms with van der Waals surface area (Å²) in [6, 6.07) is 74.0. The molecule has 1 aliphatic rings. The smallest absolute Gasteiger partial charge is 0.164 e. The van der Waals surface area contributed by atoms with E-state index in [-0.39, 0.29) is 5.41 Å². The number of rotatable bonds is 6. The normalized spacial score (nSPS) is 12.9. The predicted octanol–water partition coefficient (Wildman–Crippen LogP) is 15.3. The van der Waals surface area contributed by atoms with Crippen molar-refractivity contribution in [1.29, 1.82) is 0 Å². The Morgan fingerprint density at radius 3 is 1.73 bits per heavy atom. The Labute approximate surface area is 383 Å². The molecular formula is C61H43N5. The van der Waals surface area contributed by atoms with Crippen molar-refractivity contribution in [2.24, 2.45) is 0 Å². The minimum absolute atomic E-state index is 0.108. The molecule has 0 spiro atoms. The van der Waals surface area contributed by atoms with Crippen molar-refractivity contribution >= 4 is 43.6 Å². The van der Waals surface area contributed by atoms with E-state index in [9.17, 15) is 0 Å². The van der Waals surface area contributed by atoms with Crippen LogP contribution in [0.25, 0.3) is 111 Å². The number of hydrogen-bond acceptors (Lipinski definition) is 3. The first kappa shape index (κ1) is 38.1. The van der Waals surface area contributed by atoms with Crippen LogP contribution in [-0.2, 0) is 5.41 Å². The second-order valence-corrected chi connectivity index (χ2v) is 18.1. The van der Waals surface area contributed by atoms with Crippen LogP contribution >= 0.6 is 0 Å². The van der Waals surface area contributed by atoms with Gasteiger partial charge in [0.25, 0.3) is 0 Å². The molecule has 0 saturated heterocycles. The molecule has 0 unspecified atom stereocenters. The molecule has 312 valence electrons. The fraction of sp³-hybridized carbons (Fsp3) is 0.0656. The van der Waals surface area contributed by atoms with Crippen molar-refractivity contribution in [2.45, 2.75) is 26.2 Å². The lowest BCUT2D eigenvalue weighted by Crippen LogP contribution is -2.15. The fourth-order valence-corrected chi connectivity index (χ4v) is 10.7. The Balaban J connectivity index is 0.996. The number of aryl methyl sites for hydroxylation is 1. The molecule has 0 saturated carbocycles. The van der Waals surface area contributed by atoms with Crippen LogP contribution in [0.15, 0.2) is 206 Å². The van der Waals surface area contributed by atoms with Gasteiger partial charge in [-0.15, -0.1) is 0 Å². The van der Waals surface area contributed by atoms with Gasteiger partial charge in [-0.1, -0.05) is 166 Å². The lowest BCUT2D eigenvalue weighted by molar-refractivity contribution is 0.660. The summed E-state index contributed by atoms with van der Waals surface area (Å²) in [5, 5.41) is 4.90. The largest absolute Gasteiger partial charge is 0.309 e. The zero-order chi connectivity index (χ0) is 44.1. The lowest BCUT2D eigenvalue weighted by Gasteiger charge is -2.22. The highest BCUT2D eigenvalue weighted by Crippen LogP contribution is 2.50. The molecule has 1 aliphatic carbocycles. The first-order chi connectivity index (χ1) is 32.4. The van der Waals surface area contributed by atoms with E-state index in [2.05, 4.69) is 212 Å². The Kier molecular flexibility index (Phi) is 8.40. The number of para-hydroxylation sites is 2. The van der Waals surface area contributed by atoms with Crippen LogP contribution in [0.5, 0.6) is 0 Å². The number of aromatic nitrogens is 5. The molecule has 3 aromatic heterocycles. The van der Waals surface area contributed by atoms with Crippen molar-refractivity contribution < 1.29 is 0 Å². The third-order valence-corrected chi connectivity index (χ3v) is 13.9. The quantitative estimate of drug-likeness (QED) is 0.167. The maximum atomic E-state index is 5.18. The molecule has 3 heterocycles. The number of benzene rings is 9. The second kappa shape index (κ2) is 14.6. The van der Waals surface area contributed by atoms with Gasteiger partial charge >= 0.3 is 0 Å². The molecular weight excluding hydrogens is 803 g/mol. The fourth-order valence-electron chi connectivity index (χ4n) is 10.7. The molecule has 12 aromatic rings. The highest BCUT2D eigenvalue weighted by atomic mass is 15.0. The van der Waals surface area contributed by atoms with Crippen molar-refractivity contribution in [1.82, 2.24) is 24.1 Å².